The van der Waals surface area contributed by atoms with Crippen molar-refractivity contribution < 1.29 is 4.39 Å². The number of rotatable bonds is 4. The molecule has 0 spiro atoms. The number of hydrogen-bond acceptors (Lipinski definition) is 3. The maximum Gasteiger partial charge on any atom is 0.222 e. The Balaban J connectivity index is 1.90. The monoisotopic (exact) mass is 285 g/mol. The van der Waals surface area contributed by atoms with Crippen LogP contribution < -0.4 is 5.32 Å². The Bertz CT molecular complexity index is 531. The van der Waals surface area contributed by atoms with Crippen LogP contribution in [0.25, 0.3) is 0 Å². The number of anilines is 1. The molecular weight excluding hydrogens is 276 g/mol. The first-order chi connectivity index (χ1) is 8.65. The summed E-state index contributed by atoms with van der Waals surface area (Å²) < 4.78 is 12.6. The van der Waals surface area contributed by atoms with Gasteiger partial charge in [0.25, 0.3) is 0 Å². The van der Waals surface area contributed by atoms with Crippen molar-refractivity contribution in [2.75, 3.05) is 11.9 Å². The van der Waals surface area contributed by atoms with Crippen LogP contribution in [0.5, 0.6) is 0 Å². The van der Waals surface area contributed by atoms with E-state index >= 15 is 0 Å². The molecule has 2 aromatic rings. The zero-order chi connectivity index (χ0) is 13.0. The minimum Gasteiger partial charge on any atom is -0.354 e. The molecule has 0 unspecified atom stereocenters. The van der Waals surface area contributed by atoms with Gasteiger partial charge in [-0.3, -0.25) is 0 Å². The van der Waals surface area contributed by atoms with Gasteiger partial charge >= 0.3 is 0 Å². The Morgan fingerprint density at radius 2 is 1.89 bits per heavy atom. The topological polar surface area (TPSA) is 37.8 Å². The van der Waals surface area contributed by atoms with Crippen molar-refractivity contribution >= 4 is 29.2 Å². The molecule has 6 heteroatoms. The fraction of sp³-hybridized carbons (Fsp3) is 0.167. The summed E-state index contributed by atoms with van der Waals surface area (Å²) in [5.41, 5.74) is 0.982. The number of nitrogens with one attached hydrogen (secondary N) is 1. The van der Waals surface area contributed by atoms with E-state index < -0.39 is 5.82 Å². The lowest BCUT2D eigenvalue weighted by atomic mass is 10.1. The van der Waals surface area contributed by atoms with Gasteiger partial charge in [0.1, 0.15) is 0 Å². The van der Waals surface area contributed by atoms with Crippen LogP contribution in [-0.4, -0.2) is 16.5 Å². The van der Waals surface area contributed by atoms with Gasteiger partial charge in [-0.25, -0.2) is 14.4 Å². The molecule has 0 saturated carbocycles. The Morgan fingerprint density at radius 1 is 1.17 bits per heavy atom. The zero-order valence-corrected chi connectivity index (χ0v) is 10.8. The molecule has 0 aliphatic rings. The molecule has 0 atom stereocenters. The van der Waals surface area contributed by atoms with Gasteiger partial charge in [0.15, 0.2) is 5.82 Å². The molecule has 2 rings (SSSR count). The summed E-state index contributed by atoms with van der Waals surface area (Å²) in [4.78, 5) is 7.59. The first kappa shape index (κ1) is 13.1. The van der Waals surface area contributed by atoms with Gasteiger partial charge in [-0.15, -0.1) is 0 Å². The van der Waals surface area contributed by atoms with Gasteiger partial charge in [0, 0.05) is 16.6 Å². The van der Waals surface area contributed by atoms with Crippen molar-refractivity contribution in [2.45, 2.75) is 6.42 Å². The van der Waals surface area contributed by atoms with E-state index in [1.165, 1.54) is 0 Å². The Morgan fingerprint density at radius 3 is 2.56 bits per heavy atom. The van der Waals surface area contributed by atoms with Crippen LogP contribution >= 0.6 is 23.2 Å². The molecule has 94 valence electrons. The van der Waals surface area contributed by atoms with E-state index in [-0.39, 0.29) is 0 Å². The molecule has 0 fully saturated rings. The normalized spacial score (nSPS) is 10.4. The standard InChI is InChI=1S/C12H10Cl2FN3/c13-9-2-1-8(11(14)5-9)3-4-16-12-17-6-10(15)7-18-12/h1-2,5-7H,3-4H2,(H,16,17,18). The molecule has 3 nitrogen and oxygen atoms in total. The lowest BCUT2D eigenvalue weighted by Crippen LogP contribution is -2.08. The second-order valence-corrected chi connectivity index (χ2v) is 4.48. The van der Waals surface area contributed by atoms with Crippen LogP contribution in [-0.2, 0) is 6.42 Å². The molecule has 1 aromatic heterocycles. The van der Waals surface area contributed by atoms with Crippen molar-refractivity contribution in [1.29, 1.82) is 0 Å². The predicted molar refractivity (Wildman–Crippen MR) is 70.6 cm³/mol. The van der Waals surface area contributed by atoms with Gasteiger partial charge in [-0.2, -0.15) is 0 Å². The minimum absolute atomic E-state index is 0.390. The highest BCUT2D eigenvalue weighted by Gasteiger charge is 2.02. The summed E-state index contributed by atoms with van der Waals surface area (Å²) >= 11 is 11.8. The average Bonchev–Trinajstić information content (AvgIpc) is 2.34. The molecule has 0 bridgehead atoms. The molecule has 0 aliphatic carbocycles. The van der Waals surface area contributed by atoms with Crippen LogP contribution in [0.1, 0.15) is 5.56 Å². The lowest BCUT2D eigenvalue weighted by Gasteiger charge is -2.06. The summed E-state index contributed by atoms with van der Waals surface area (Å²) in [5, 5.41) is 4.22. The number of halogens is 3. The van der Waals surface area contributed by atoms with E-state index in [0.717, 1.165) is 18.0 Å². The highest BCUT2D eigenvalue weighted by atomic mass is 35.5. The molecular formula is C12H10Cl2FN3. The van der Waals surface area contributed by atoms with E-state index in [1.54, 1.807) is 12.1 Å². The number of hydrogen-bond donors (Lipinski definition) is 1. The molecule has 18 heavy (non-hydrogen) atoms. The molecule has 0 saturated heterocycles. The number of benzene rings is 1. The third kappa shape index (κ3) is 3.55. The van der Waals surface area contributed by atoms with Crippen molar-refractivity contribution in [3.63, 3.8) is 0 Å². The van der Waals surface area contributed by atoms with Crippen molar-refractivity contribution in [3.8, 4) is 0 Å². The average molecular weight is 286 g/mol. The highest BCUT2D eigenvalue weighted by molar-refractivity contribution is 6.35. The first-order valence-electron chi connectivity index (χ1n) is 5.30. The summed E-state index contributed by atoms with van der Waals surface area (Å²) in [5.74, 6) is -0.0669. The largest absolute Gasteiger partial charge is 0.354 e. The SMILES string of the molecule is Fc1cnc(NCCc2ccc(Cl)cc2Cl)nc1. The van der Waals surface area contributed by atoms with Crippen molar-refractivity contribution in [2.24, 2.45) is 0 Å². The number of aromatic nitrogens is 2. The summed E-state index contributed by atoms with van der Waals surface area (Å²) in [6.45, 7) is 0.604. The zero-order valence-electron chi connectivity index (χ0n) is 9.33. The molecule has 1 aromatic carbocycles. The summed E-state index contributed by atoms with van der Waals surface area (Å²) in [6, 6.07) is 5.36. The van der Waals surface area contributed by atoms with Crippen LogP contribution in [0.2, 0.25) is 10.0 Å². The quantitative estimate of drug-likeness (QED) is 0.933. The van der Waals surface area contributed by atoms with E-state index in [4.69, 9.17) is 23.2 Å². The third-order valence-electron chi connectivity index (χ3n) is 2.31. The smallest absolute Gasteiger partial charge is 0.222 e. The van der Waals surface area contributed by atoms with Crippen LogP contribution in [0, 0.1) is 5.82 Å². The van der Waals surface area contributed by atoms with Gasteiger partial charge in [0.05, 0.1) is 12.4 Å². The van der Waals surface area contributed by atoms with Crippen LogP contribution in [0.3, 0.4) is 0 Å². The second-order valence-electron chi connectivity index (χ2n) is 3.64. The maximum atomic E-state index is 12.6. The van der Waals surface area contributed by atoms with Gasteiger partial charge < -0.3 is 5.32 Å². The van der Waals surface area contributed by atoms with E-state index in [9.17, 15) is 4.39 Å². The Hall–Kier alpha value is -1.39. The van der Waals surface area contributed by atoms with Crippen molar-refractivity contribution in [1.82, 2.24) is 9.97 Å². The van der Waals surface area contributed by atoms with Crippen LogP contribution in [0.15, 0.2) is 30.6 Å². The molecule has 1 N–H and O–H groups in total. The third-order valence-corrected chi connectivity index (χ3v) is 2.90. The fourth-order valence-corrected chi connectivity index (χ4v) is 1.94. The summed E-state index contributed by atoms with van der Waals surface area (Å²) in [6.07, 6.45) is 2.94. The van der Waals surface area contributed by atoms with Crippen molar-refractivity contribution in [3.05, 3.63) is 52.0 Å². The maximum absolute atomic E-state index is 12.6. The van der Waals surface area contributed by atoms with Gasteiger partial charge in [-0.05, 0) is 24.1 Å². The molecule has 0 amide bonds. The summed E-state index contributed by atoms with van der Waals surface area (Å²) in [7, 11) is 0. The van der Waals surface area contributed by atoms with Gasteiger partial charge in [0.2, 0.25) is 5.95 Å². The minimum atomic E-state index is -0.457. The van der Waals surface area contributed by atoms with E-state index in [1.807, 2.05) is 6.07 Å². The Kier molecular flexibility index (Phi) is 4.33. The van der Waals surface area contributed by atoms with Crippen LogP contribution in [0.4, 0.5) is 10.3 Å². The van der Waals surface area contributed by atoms with E-state index in [2.05, 4.69) is 15.3 Å². The highest BCUT2D eigenvalue weighted by Crippen LogP contribution is 2.21. The molecule has 0 radical (unpaired) electrons. The second kappa shape index (κ2) is 5.98. The fourth-order valence-electron chi connectivity index (χ4n) is 1.44. The van der Waals surface area contributed by atoms with Gasteiger partial charge in [-0.1, -0.05) is 29.3 Å². The van der Waals surface area contributed by atoms with E-state index in [0.29, 0.717) is 29.0 Å². The molecule has 1 heterocycles. The first-order valence-corrected chi connectivity index (χ1v) is 6.06. The molecule has 0 aliphatic heterocycles. The Labute approximate surface area is 114 Å². The number of nitrogens with zero attached hydrogens (tertiary/aromatic N) is 2. The lowest BCUT2D eigenvalue weighted by molar-refractivity contribution is 0.614. The predicted octanol–water partition coefficient (Wildman–Crippen LogP) is 3.58.